The molecule has 2 aromatic carbocycles. The van der Waals surface area contributed by atoms with Gasteiger partial charge in [0.2, 0.25) is 5.13 Å². The van der Waals surface area contributed by atoms with E-state index in [1.54, 1.807) is 12.3 Å². The first-order valence-corrected chi connectivity index (χ1v) is 8.18. The van der Waals surface area contributed by atoms with Crippen LogP contribution >= 0.6 is 22.9 Å². The number of hydrogen-bond donors (Lipinski definition) is 0. The van der Waals surface area contributed by atoms with Crippen LogP contribution in [-0.2, 0) is 0 Å². The molecule has 0 unspecified atom stereocenters. The average Bonchev–Trinajstić information content (AvgIpc) is 3.05. The molecule has 0 atom stereocenters. The molecule has 0 amide bonds. The van der Waals surface area contributed by atoms with Gasteiger partial charge in [-0.3, -0.25) is 4.79 Å². The Kier molecular flexibility index (Phi) is 3.44. The monoisotopic (exact) mass is 339 g/mol. The molecule has 0 fully saturated rings. The average molecular weight is 340 g/mol. The van der Waals surface area contributed by atoms with Crippen molar-refractivity contribution in [1.82, 2.24) is 14.8 Å². The summed E-state index contributed by atoms with van der Waals surface area (Å²) in [4.78, 5) is 17.1. The maximum atomic E-state index is 12.6. The van der Waals surface area contributed by atoms with Gasteiger partial charge in [0.1, 0.15) is 0 Å². The van der Waals surface area contributed by atoms with Crippen molar-refractivity contribution in [3.05, 3.63) is 75.5 Å². The largest absolute Gasteiger partial charge is 0.281 e. The molecular formula is C17H10ClN3OS. The van der Waals surface area contributed by atoms with E-state index in [-0.39, 0.29) is 5.56 Å². The quantitative estimate of drug-likeness (QED) is 0.551. The molecule has 112 valence electrons. The lowest BCUT2D eigenvalue weighted by Gasteiger charge is -2.02. The van der Waals surface area contributed by atoms with Crippen LogP contribution in [0.15, 0.2) is 64.9 Å². The first-order valence-electron chi connectivity index (χ1n) is 6.92. The van der Waals surface area contributed by atoms with Gasteiger partial charge in [-0.15, -0.1) is 11.3 Å². The Bertz CT molecular complexity index is 1070. The zero-order valence-electron chi connectivity index (χ0n) is 11.8. The highest BCUT2D eigenvalue weighted by molar-refractivity contribution is 7.12. The highest BCUT2D eigenvalue weighted by atomic mass is 35.5. The lowest BCUT2D eigenvalue weighted by molar-refractivity contribution is 0.813. The van der Waals surface area contributed by atoms with E-state index in [0.717, 1.165) is 16.6 Å². The fourth-order valence-electron chi connectivity index (χ4n) is 2.38. The summed E-state index contributed by atoms with van der Waals surface area (Å²) < 4.78 is 1.33. The van der Waals surface area contributed by atoms with E-state index in [9.17, 15) is 4.79 Å². The Hall–Kier alpha value is -2.50. The van der Waals surface area contributed by atoms with Crippen molar-refractivity contribution in [2.75, 3.05) is 0 Å². The number of halogens is 1. The smallest absolute Gasteiger partial charge is 0.267 e. The van der Waals surface area contributed by atoms with Crippen molar-refractivity contribution in [2.24, 2.45) is 0 Å². The molecule has 4 aromatic rings. The lowest BCUT2D eigenvalue weighted by atomic mass is 10.2. The predicted molar refractivity (Wildman–Crippen MR) is 93.5 cm³/mol. The topological polar surface area (TPSA) is 47.8 Å². The highest BCUT2D eigenvalue weighted by Crippen LogP contribution is 2.29. The Labute approximate surface area is 140 Å². The summed E-state index contributed by atoms with van der Waals surface area (Å²) >= 11 is 7.56. The molecule has 4 nitrogen and oxygen atoms in total. The van der Waals surface area contributed by atoms with Gasteiger partial charge in [-0.25, -0.2) is 4.98 Å². The number of hydrogen-bond acceptors (Lipinski definition) is 4. The third kappa shape index (κ3) is 2.44. The molecule has 0 aliphatic rings. The summed E-state index contributed by atoms with van der Waals surface area (Å²) in [7, 11) is 0. The fourth-order valence-corrected chi connectivity index (χ4v) is 3.39. The molecular weight excluding hydrogens is 330 g/mol. The summed E-state index contributed by atoms with van der Waals surface area (Å²) in [6.45, 7) is 0. The van der Waals surface area contributed by atoms with Crippen molar-refractivity contribution < 1.29 is 0 Å². The van der Waals surface area contributed by atoms with E-state index in [1.807, 2.05) is 47.8 Å². The van der Waals surface area contributed by atoms with Gasteiger partial charge in [0.05, 0.1) is 17.3 Å². The summed E-state index contributed by atoms with van der Waals surface area (Å²) in [5, 5.41) is 8.69. The van der Waals surface area contributed by atoms with Gasteiger partial charge >= 0.3 is 0 Å². The molecule has 2 heterocycles. The van der Waals surface area contributed by atoms with Gasteiger partial charge in [0, 0.05) is 21.4 Å². The SMILES string of the molecule is O=c1c2ccccc2cnn1-c1nc(-c2ccccc2Cl)cs1. The molecule has 0 aliphatic heterocycles. The number of nitrogens with zero attached hydrogens (tertiary/aromatic N) is 3. The number of thiazole rings is 1. The number of fused-ring (bicyclic) bond motifs is 1. The van der Waals surface area contributed by atoms with Crippen molar-refractivity contribution in [2.45, 2.75) is 0 Å². The standard InChI is InChI=1S/C17H10ClN3OS/c18-14-8-4-3-7-13(14)15-10-23-17(20-15)21-16(22)12-6-2-1-5-11(12)9-19-21/h1-10H. The third-order valence-corrected chi connectivity index (χ3v) is 4.66. The van der Waals surface area contributed by atoms with Gasteiger partial charge in [0.25, 0.3) is 5.56 Å². The van der Waals surface area contributed by atoms with Crippen LogP contribution in [0, 0.1) is 0 Å². The third-order valence-electron chi connectivity index (χ3n) is 3.52. The number of benzene rings is 2. The van der Waals surface area contributed by atoms with Gasteiger partial charge in [0.15, 0.2) is 0 Å². The van der Waals surface area contributed by atoms with E-state index < -0.39 is 0 Å². The van der Waals surface area contributed by atoms with Crippen LogP contribution in [0.5, 0.6) is 0 Å². The van der Waals surface area contributed by atoms with Crippen LogP contribution in [0.3, 0.4) is 0 Å². The van der Waals surface area contributed by atoms with E-state index in [4.69, 9.17) is 11.6 Å². The molecule has 0 saturated heterocycles. The molecule has 2 aromatic heterocycles. The summed E-state index contributed by atoms with van der Waals surface area (Å²) in [6.07, 6.45) is 1.67. The first-order chi connectivity index (χ1) is 11.2. The minimum absolute atomic E-state index is 0.178. The van der Waals surface area contributed by atoms with Crippen LogP contribution in [0.4, 0.5) is 0 Å². The molecule has 4 rings (SSSR count). The summed E-state index contributed by atoms with van der Waals surface area (Å²) in [5.74, 6) is 0. The molecule has 23 heavy (non-hydrogen) atoms. The van der Waals surface area contributed by atoms with Crippen LogP contribution in [0.25, 0.3) is 27.2 Å². The molecule has 6 heteroatoms. The van der Waals surface area contributed by atoms with Crippen LogP contribution in [0.1, 0.15) is 0 Å². The van der Waals surface area contributed by atoms with Crippen LogP contribution in [0.2, 0.25) is 5.02 Å². The first kappa shape index (κ1) is 14.1. The molecule has 0 bridgehead atoms. The minimum atomic E-state index is -0.178. The van der Waals surface area contributed by atoms with Crippen molar-refractivity contribution in [3.63, 3.8) is 0 Å². The second-order valence-corrected chi connectivity index (χ2v) is 6.19. The maximum Gasteiger partial charge on any atom is 0.281 e. The Balaban J connectivity index is 1.85. The summed E-state index contributed by atoms with van der Waals surface area (Å²) in [5.41, 5.74) is 1.39. The van der Waals surface area contributed by atoms with Crippen molar-refractivity contribution >= 4 is 33.7 Å². The Morgan fingerprint density at radius 3 is 2.70 bits per heavy atom. The molecule has 0 radical (unpaired) electrons. The van der Waals surface area contributed by atoms with E-state index in [1.165, 1.54) is 16.0 Å². The van der Waals surface area contributed by atoms with Gasteiger partial charge in [-0.05, 0) is 12.1 Å². The van der Waals surface area contributed by atoms with Gasteiger partial charge < -0.3 is 0 Å². The zero-order valence-corrected chi connectivity index (χ0v) is 13.4. The van der Waals surface area contributed by atoms with Gasteiger partial charge in [-0.2, -0.15) is 9.78 Å². The molecule has 0 aliphatic carbocycles. The van der Waals surface area contributed by atoms with Crippen LogP contribution < -0.4 is 5.56 Å². The second-order valence-electron chi connectivity index (χ2n) is 4.94. The van der Waals surface area contributed by atoms with Crippen molar-refractivity contribution in [3.8, 4) is 16.4 Å². The van der Waals surface area contributed by atoms with Gasteiger partial charge in [-0.1, -0.05) is 48.0 Å². The maximum absolute atomic E-state index is 12.6. The Morgan fingerprint density at radius 2 is 1.83 bits per heavy atom. The van der Waals surface area contributed by atoms with Crippen molar-refractivity contribution in [1.29, 1.82) is 0 Å². The summed E-state index contributed by atoms with van der Waals surface area (Å²) in [6, 6.07) is 14.9. The molecule has 0 spiro atoms. The van der Waals surface area contributed by atoms with E-state index in [2.05, 4.69) is 10.1 Å². The van der Waals surface area contributed by atoms with Crippen LogP contribution in [-0.4, -0.2) is 14.8 Å². The number of rotatable bonds is 2. The molecule has 0 N–H and O–H groups in total. The van der Waals surface area contributed by atoms with E-state index in [0.29, 0.717) is 15.5 Å². The Morgan fingerprint density at radius 1 is 1.04 bits per heavy atom. The fraction of sp³-hybridized carbons (Fsp3) is 0. The normalized spacial score (nSPS) is 11.0. The van der Waals surface area contributed by atoms with E-state index >= 15 is 0 Å². The predicted octanol–water partition coefficient (Wildman–Crippen LogP) is 4.16. The zero-order chi connectivity index (χ0) is 15.8. The highest BCUT2D eigenvalue weighted by Gasteiger charge is 2.12. The lowest BCUT2D eigenvalue weighted by Crippen LogP contribution is -2.20. The minimum Gasteiger partial charge on any atom is -0.267 e. The number of aromatic nitrogens is 3. The second kappa shape index (κ2) is 5.61. The molecule has 0 saturated carbocycles.